The summed E-state index contributed by atoms with van der Waals surface area (Å²) in [4.78, 5) is 0. The molecule has 3 heteroatoms. The number of halogens is 1. The molecule has 1 aromatic carbocycles. The fourth-order valence-electron chi connectivity index (χ4n) is 1.27. The lowest BCUT2D eigenvalue weighted by atomic mass is 10.1. The van der Waals surface area contributed by atoms with E-state index in [4.69, 9.17) is 16.3 Å². The minimum Gasteiger partial charge on any atom is -0.494 e. The fraction of sp³-hybridized carbons (Fsp3) is 0.500. The van der Waals surface area contributed by atoms with Crippen LogP contribution in [0, 0.1) is 0 Å². The first kappa shape index (κ1) is 12.3. The molecule has 0 spiro atoms. The summed E-state index contributed by atoms with van der Waals surface area (Å²) in [6, 6.07) is 7.76. The fourth-order valence-corrected chi connectivity index (χ4v) is 1.38. The Hall–Kier alpha value is -0.730. The van der Waals surface area contributed by atoms with Crippen LogP contribution in [0.25, 0.3) is 0 Å². The van der Waals surface area contributed by atoms with Crippen molar-refractivity contribution >= 4 is 11.6 Å². The van der Waals surface area contributed by atoms with Crippen LogP contribution < -0.4 is 4.74 Å². The van der Waals surface area contributed by atoms with Gasteiger partial charge in [-0.1, -0.05) is 19.1 Å². The second kappa shape index (κ2) is 6.70. The van der Waals surface area contributed by atoms with E-state index in [1.807, 2.05) is 24.3 Å². The van der Waals surface area contributed by atoms with Crippen LogP contribution in [0.5, 0.6) is 5.75 Å². The van der Waals surface area contributed by atoms with Gasteiger partial charge in [0.2, 0.25) is 0 Å². The zero-order valence-corrected chi connectivity index (χ0v) is 9.70. The van der Waals surface area contributed by atoms with E-state index in [1.165, 1.54) is 0 Å². The first-order valence-electron chi connectivity index (χ1n) is 5.22. The van der Waals surface area contributed by atoms with Crippen LogP contribution in [0.4, 0.5) is 0 Å². The van der Waals surface area contributed by atoms with Crippen molar-refractivity contribution in [2.24, 2.45) is 0 Å². The van der Waals surface area contributed by atoms with Gasteiger partial charge in [0.15, 0.2) is 0 Å². The van der Waals surface area contributed by atoms with Gasteiger partial charge in [0, 0.05) is 5.88 Å². The van der Waals surface area contributed by atoms with Crippen LogP contribution in [0.3, 0.4) is 0 Å². The Kier molecular flexibility index (Phi) is 5.51. The maximum Gasteiger partial charge on any atom is 0.119 e. The van der Waals surface area contributed by atoms with E-state index in [2.05, 4.69) is 6.92 Å². The molecule has 1 aromatic rings. The topological polar surface area (TPSA) is 29.5 Å². The summed E-state index contributed by atoms with van der Waals surface area (Å²) in [7, 11) is 0. The van der Waals surface area contributed by atoms with Gasteiger partial charge in [0.25, 0.3) is 0 Å². The smallest absolute Gasteiger partial charge is 0.119 e. The van der Waals surface area contributed by atoms with Gasteiger partial charge in [-0.15, -0.1) is 11.6 Å². The molecule has 0 aromatic heterocycles. The molecule has 15 heavy (non-hydrogen) atoms. The highest BCUT2D eigenvalue weighted by molar-refractivity contribution is 6.18. The van der Waals surface area contributed by atoms with Crippen LogP contribution in [0.15, 0.2) is 24.3 Å². The number of hydrogen-bond donors (Lipinski definition) is 1. The predicted octanol–water partition coefficient (Wildman–Crippen LogP) is 2.62. The van der Waals surface area contributed by atoms with Gasteiger partial charge in [0.1, 0.15) is 5.75 Å². The van der Waals surface area contributed by atoms with Gasteiger partial charge in [-0.3, -0.25) is 0 Å². The maximum absolute atomic E-state index is 9.36. The van der Waals surface area contributed by atoms with Crippen LogP contribution in [-0.4, -0.2) is 23.7 Å². The van der Waals surface area contributed by atoms with Crippen molar-refractivity contribution in [3.8, 4) is 5.75 Å². The Morgan fingerprint density at radius 1 is 1.33 bits per heavy atom. The van der Waals surface area contributed by atoms with Crippen LogP contribution in [0.1, 0.15) is 18.9 Å². The Balaban J connectivity index is 2.48. The second-order valence-electron chi connectivity index (χ2n) is 3.50. The molecule has 0 aliphatic heterocycles. The zero-order chi connectivity index (χ0) is 11.1. The average molecular weight is 229 g/mol. The quantitative estimate of drug-likeness (QED) is 0.759. The van der Waals surface area contributed by atoms with E-state index >= 15 is 0 Å². The molecule has 1 N–H and O–H groups in total. The van der Waals surface area contributed by atoms with E-state index in [-0.39, 0.29) is 5.88 Å². The number of benzene rings is 1. The standard InChI is InChI=1S/C12H17ClO2/c1-2-7-15-12-5-3-10(4-6-12)8-11(14)9-13/h3-6,11,14H,2,7-9H2,1H3. The van der Waals surface area contributed by atoms with E-state index in [1.54, 1.807) is 0 Å². The molecule has 0 saturated heterocycles. The van der Waals surface area contributed by atoms with E-state index < -0.39 is 6.10 Å². The number of aliphatic hydroxyl groups is 1. The van der Waals surface area contributed by atoms with E-state index in [0.717, 1.165) is 24.3 Å². The maximum atomic E-state index is 9.36. The van der Waals surface area contributed by atoms with Gasteiger partial charge in [-0.25, -0.2) is 0 Å². The Morgan fingerprint density at radius 2 is 2.00 bits per heavy atom. The number of rotatable bonds is 6. The Morgan fingerprint density at radius 3 is 2.53 bits per heavy atom. The molecule has 0 saturated carbocycles. The molecule has 0 amide bonds. The normalized spacial score (nSPS) is 12.5. The van der Waals surface area contributed by atoms with Gasteiger partial charge in [-0.2, -0.15) is 0 Å². The summed E-state index contributed by atoms with van der Waals surface area (Å²) >= 11 is 5.53. The summed E-state index contributed by atoms with van der Waals surface area (Å²) in [5.41, 5.74) is 1.08. The molecule has 0 aliphatic rings. The summed E-state index contributed by atoms with van der Waals surface area (Å²) in [5, 5.41) is 9.36. The molecule has 0 bridgehead atoms. The third-order valence-electron chi connectivity index (χ3n) is 2.05. The number of alkyl halides is 1. The van der Waals surface area contributed by atoms with Gasteiger partial charge < -0.3 is 9.84 Å². The Bertz CT molecular complexity index is 271. The highest BCUT2D eigenvalue weighted by Gasteiger charge is 2.03. The van der Waals surface area contributed by atoms with Crippen molar-refractivity contribution in [1.82, 2.24) is 0 Å². The minimum absolute atomic E-state index is 0.272. The number of aliphatic hydroxyl groups excluding tert-OH is 1. The molecule has 2 nitrogen and oxygen atoms in total. The molecule has 84 valence electrons. The molecular weight excluding hydrogens is 212 g/mol. The van der Waals surface area contributed by atoms with Crippen molar-refractivity contribution in [2.45, 2.75) is 25.9 Å². The minimum atomic E-state index is -0.464. The molecule has 1 atom stereocenters. The summed E-state index contributed by atoms with van der Waals surface area (Å²) in [6.45, 7) is 2.81. The molecule has 0 fully saturated rings. The van der Waals surface area contributed by atoms with Crippen LogP contribution in [-0.2, 0) is 6.42 Å². The molecule has 0 radical (unpaired) electrons. The molecule has 1 unspecified atom stereocenters. The van der Waals surface area contributed by atoms with Crippen molar-refractivity contribution in [1.29, 1.82) is 0 Å². The van der Waals surface area contributed by atoms with Crippen molar-refractivity contribution in [3.05, 3.63) is 29.8 Å². The number of hydrogen-bond acceptors (Lipinski definition) is 2. The lowest BCUT2D eigenvalue weighted by Gasteiger charge is -2.08. The summed E-state index contributed by atoms with van der Waals surface area (Å²) in [6.07, 6.45) is 1.14. The Labute approximate surface area is 95.8 Å². The van der Waals surface area contributed by atoms with Crippen LogP contribution in [0.2, 0.25) is 0 Å². The zero-order valence-electron chi connectivity index (χ0n) is 8.95. The van der Waals surface area contributed by atoms with Gasteiger partial charge in [-0.05, 0) is 30.5 Å². The van der Waals surface area contributed by atoms with E-state index in [9.17, 15) is 5.11 Å². The van der Waals surface area contributed by atoms with Crippen molar-refractivity contribution in [3.63, 3.8) is 0 Å². The van der Waals surface area contributed by atoms with Crippen molar-refractivity contribution < 1.29 is 9.84 Å². The highest BCUT2D eigenvalue weighted by atomic mass is 35.5. The summed E-state index contributed by atoms with van der Waals surface area (Å²) in [5.74, 6) is 1.15. The second-order valence-corrected chi connectivity index (χ2v) is 3.81. The van der Waals surface area contributed by atoms with Gasteiger partial charge in [0.05, 0.1) is 12.7 Å². The monoisotopic (exact) mass is 228 g/mol. The third-order valence-corrected chi connectivity index (χ3v) is 2.40. The lowest BCUT2D eigenvalue weighted by Crippen LogP contribution is -2.11. The molecule has 0 aliphatic carbocycles. The highest BCUT2D eigenvalue weighted by Crippen LogP contribution is 2.13. The SMILES string of the molecule is CCCOc1ccc(CC(O)CCl)cc1. The third kappa shape index (κ3) is 4.54. The lowest BCUT2D eigenvalue weighted by molar-refractivity contribution is 0.198. The van der Waals surface area contributed by atoms with Crippen LogP contribution >= 0.6 is 11.6 Å². The first-order chi connectivity index (χ1) is 7.26. The van der Waals surface area contributed by atoms with Gasteiger partial charge >= 0.3 is 0 Å². The first-order valence-corrected chi connectivity index (χ1v) is 5.75. The predicted molar refractivity (Wildman–Crippen MR) is 62.7 cm³/mol. The number of ether oxygens (including phenoxy) is 1. The van der Waals surface area contributed by atoms with Crippen molar-refractivity contribution in [2.75, 3.05) is 12.5 Å². The average Bonchev–Trinajstić information content (AvgIpc) is 2.28. The molecule has 1 rings (SSSR count). The molecular formula is C12H17ClO2. The largest absolute Gasteiger partial charge is 0.494 e. The summed E-state index contributed by atoms with van der Waals surface area (Å²) < 4.78 is 5.45. The molecule has 0 heterocycles. The van der Waals surface area contributed by atoms with E-state index in [0.29, 0.717) is 6.42 Å².